The van der Waals surface area contributed by atoms with Gasteiger partial charge in [0.2, 0.25) is 0 Å². The molecule has 112 valence electrons. The Morgan fingerprint density at radius 3 is 2.29 bits per heavy atom. The highest BCUT2D eigenvalue weighted by Gasteiger charge is 2.27. The number of benzene rings is 1. The van der Waals surface area contributed by atoms with Crippen molar-refractivity contribution in [2.75, 3.05) is 0 Å². The van der Waals surface area contributed by atoms with Crippen LogP contribution >= 0.6 is 0 Å². The van der Waals surface area contributed by atoms with Gasteiger partial charge in [0.05, 0.1) is 11.1 Å². The summed E-state index contributed by atoms with van der Waals surface area (Å²) in [5, 5.41) is 18.8. The van der Waals surface area contributed by atoms with E-state index in [9.17, 15) is 23.6 Å². The van der Waals surface area contributed by atoms with Crippen LogP contribution in [0, 0.1) is 11.6 Å². The molecule has 8 heteroatoms. The predicted octanol–water partition coefficient (Wildman–Crippen LogP) is 1.38. The van der Waals surface area contributed by atoms with Crippen LogP contribution in [0.2, 0.25) is 0 Å². The number of halogens is 2. The summed E-state index contributed by atoms with van der Waals surface area (Å²) in [5.74, 6) is -2.24. The van der Waals surface area contributed by atoms with E-state index in [1.54, 1.807) is 20.8 Å². The Morgan fingerprint density at radius 2 is 1.76 bits per heavy atom. The van der Waals surface area contributed by atoms with Crippen LogP contribution in [0.1, 0.15) is 20.8 Å². The summed E-state index contributed by atoms with van der Waals surface area (Å²) < 4.78 is 32.6. The van der Waals surface area contributed by atoms with E-state index in [4.69, 9.17) is 4.74 Å². The second-order valence-corrected chi connectivity index (χ2v) is 5.58. The second kappa shape index (κ2) is 5.12. The molecular weight excluding hydrogens is 283 g/mol. The molecule has 21 heavy (non-hydrogen) atoms. The van der Waals surface area contributed by atoms with Crippen molar-refractivity contribution in [1.82, 2.24) is 4.57 Å². The molecule has 0 saturated carbocycles. The Kier molecular flexibility index (Phi) is 3.77. The van der Waals surface area contributed by atoms with E-state index >= 15 is 0 Å². The van der Waals surface area contributed by atoms with Crippen LogP contribution in [0.4, 0.5) is 13.6 Å². The number of hydrogen-bond donors (Lipinski definition) is 2. The van der Waals surface area contributed by atoms with Gasteiger partial charge in [0.15, 0.2) is 11.6 Å². The average molecular weight is 297 g/mol. The maximum atomic E-state index is 13.4. The third kappa shape index (κ3) is 3.06. The highest BCUT2D eigenvalue weighted by Crippen LogP contribution is 2.20. The van der Waals surface area contributed by atoms with E-state index in [0.29, 0.717) is 0 Å². The Morgan fingerprint density at radius 1 is 1.19 bits per heavy atom. The summed E-state index contributed by atoms with van der Waals surface area (Å²) in [6.07, 6.45) is -0.911. The number of aromatic nitrogens is 1. The number of ether oxygens (including phenoxy) is 1. The van der Waals surface area contributed by atoms with Gasteiger partial charge in [-0.25, -0.2) is 13.6 Å². The zero-order valence-corrected chi connectivity index (χ0v) is 11.7. The summed E-state index contributed by atoms with van der Waals surface area (Å²) in [5.41, 5.74) is -1.07. The fourth-order valence-corrected chi connectivity index (χ4v) is 1.93. The molecule has 1 heterocycles. The molecule has 2 N–H and O–H groups in total. The van der Waals surface area contributed by atoms with Crippen LogP contribution in [0.15, 0.2) is 18.2 Å². The lowest BCUT2D eigenvalue weighted by Gasteiger charge is -2.21. The maximum absolute atomic E-state index is 13.4. The number of nitrogens with zero attached hydrogens (tertiary/aromatic N) is 1. The Bertz CT molecular complexity index is 706. The lowest BCUT2D eigenvalue weighted by molar-refractivity contribution is 0.0547. The number of fused-ring (bicyclic) bond motifs is 1. The van der Waals surface area contributed by atoms with E-state index in [0.717, 1.165) is 16.7 Å². The molecule has 0 aliphatic heterocycles. The van der Waals surface area contributed by atoms with Crippen molar-refractivity contribution in [3.05, 3.63) is 29.8 Å². The van der Waals surface area contributed by atoms with E-state index in [1.165, 1.54) is 6.07 Å². The smallest absolute Gasteiger partial charge is 0.443 e. The van der Waals surface area contributed by atoms with E-state index in [-0.39, 0.29) is 16.5 Å². The molecule has 0 radical (unpaired) electrons. The molecule has 0 saturated heterocycles. The summed E-state index contributed by atoms with van der Waals surface area (Å²) in [6.45, 7) is 4.89. The Balaban J connectivity index is 2.66. The van der Waals surface area contributed by atoms with Gasteiger partial charge in [-0.2, -0.15) is 0 Å². The molecule has 0 unspecified atom stereocenters. The van der Waals surface area contributed by atoms with Gasteiger partial charge < -0.3 is 14.8 Å². The first kappa shape index (κ1) is 15.5. The molecule has 0 fully saturated rings. The average Bonchev–Trinajstić information content (AvgIpc) is 2.66. The van der Waals surface area contributed by atoms with Crippen LogP contribution < -0.4 is 5.59 Å². The Hall–Kier alpha value is -1.93. The summed E-state index contributed by atoms with van der Waals surface area (Å²) in [4.78, 5) is 12.2. The molecule has 2 rings (SSSR count). The van der Waals surface area contributed by atoms with Gasteiger partial charge in [0.1, 0.15) is 5.60 Å². The molecule has 0 bridgehead atoms. The van der Waals surface area contributed by atoms with Crippen molar-refractivity contribution in [1.29, 1.82) is 0 Å². The van der Waals surface area contributed by atoms with E-state index in [2.05, 4.69) is 0 Å². The summed E-state index contributed by atoms with van der Waals surface area (Å²) >= 11 is 0. The minimum Gasteiger partial charge on any atom is -0.443 e. The van der Waals surface area contributed by atoms with Crippen LogP contribution in [-0.4, -0.2) is 33.4 Å². The number of carbonyl (C=O) groups is 1. The summed E-state index contributed by atoms with van der Waals surface area (Å²) in [6, 6.07) is 2.87. The van der Waals surface area contributed by atoms with Crippen LogP contribution in [0.5, 0.6) is 0 Å². The van der Waals surface area contributed by atoms with Gasteiger partial charge in [0.25, 0.3) is 0 Å². The fraction of sp³-hybridized carbons (Fsp3) is 0.308. The zero-order valence-electron chi connectivity index (χ0n) is 11.7. The lowest BCUT2D eigenvalue weighted by Crippen LogP contribution is -2.41. The molecule has 0 aliphatic rings. The van der Waals surface area contributed by atoms with Crippen molar-refractivity contribution in [2.24, 2.45) is 0 Å². The highest BCUT2D eigenvalue weighted by molar-refractivity contribution is 6.59. The Labute approximate surface area is 119 Å². The third-order valence-corrected chi connectivity index (χ3v) is 2.71. The molecule has 0 aliphatic carbocycles. The van der Waals surface area contributed by atoms with Gasteiger partial charge >= 0.3 is 13.2 Å². The standard InChI is InChI=1S/C13H14BF2NO4/c1-13(2,3)21-12(18)17-10-6-9(16)8(15)4-7(10)5-11(17)14(19)20/h4-6,19-20H,1-3H3. The largest absolute Gasteiger partial charge is 0.506 e. The number of carbonyl (C=O) groups excluding carboxylic acids is 1. The number of hydrogen-bond acceptors (Lipinski definition) is 4. The van der Waals surface area contributed by atoms with Crippen LogP contribution in [0.25, 0.3) is 10.9 Å². The predicted molar refractivity (Wildman–Crippen MR) is 73.3 cm³/mol. The quantitative estimate of drug-likeness (QED) is 0.780. The maximum Gasteiger partial charge on any atom is 0.506 e. The van der Waals surface area contributed by atoms with Gasteiger partial charge in [0, 0.05) is 11.5 Å². The summed E-state index contributed by atoms with van der Waals surface area (Å²) in [7, 11) is -1.99. The molecule has 0 spiro atoms. The van der Waals surface area contributed by atoms with Gasteiger partial charge in [-0.1, -0.05) is 0 Å². The molecule has 2 aromatic rings. The number of rotatable bonds is 1. The molecule has 1 aromatic carbocycles. The van der Waals surface area contributed by atoms with Gasteiger partial charge in [-0.3, -0.25) is 4.57 Å². The van der Waals surface area contributed by atoms with Crippen molar-refractivity contribution < 1.29 is 28.4 Å². The van der Waals surface area contributed by atoms with E-state index in [1.807, 2.05) is 0 Å². The van der Waals surface area contributed by atoms with E-state index < -0.39 is 30.4 Å². The molecule has 1 aromatic heterocycles. The molecule has 0 atom stereocenters. The van der Waals surface area contributed by atoms with Gasteiger partial charge in [-0.15, -0.1) is 0 Å². The van der Waals surface area contributed by atoms with Crippen molar-refractivity contribution in [2.45, 2.75) is 26.4 Å². The first-order valence-corrected chi connectivity index (χ1v) is 6.20. The monoisotopic (exact) mass is 297 g/mol. The minimum absolute atomic E-state index is 0.00810. The highest BCUT2D eigenvalue weighted by atomic mass is 19.2. The van der Waals surface area contributed by atoms with Crippen LogP contribution in [0.3, 0.4) is 0 Å². The molecule has 0 amide bonds. The molecule has 5 nitrogen and oxygen atoms in total. The fourth-order valence-electron chi connectivity index (χ4n) is 1.93. The van der Waals surface area contributed by atoms with Crippen molar-refractivity contribution in [3.8, 4) is 0 Å². The first-order chi connectivity index (χ1) is 9.60. The lowest BCUT2D eigenvalue weighted by atomic mass is 9.86. The molecular formula is C13H14BF2NO4. The second-order valence-electron chi connectivity index (χ2n) is 5.58. The normalized spacial score (nSPS) is 11.8. The van der Waals surface area contributed by atoms with Gasteiger partial charge in [-0.05, 0) is 32.9 Å². The van der Waals surface area contributed by atoms with Crippen molar-refractivity contribution in [3.63, 3.8) is 0 Å². The zero-order chi connectivity index (χ0) is 15.9. The topological polar surface area (TPSA) is 71.7 Å². The minimum atomic E-state index is -1.99. The first-order valence-electron chi connectivity index (χ1n) is 6.20. The third-order valence-electron chi connectivity index (χ3n) is 2.71. The van der Waals surface area contributed by atoms with Crippen molar-refractivity contribution >= 4 is 29.7 Å². The SMILES string of the molecule is CC(C)(C)OC(=O)n1c(B(O)O)cc2cc(F)c(F)cc21. The van der Waals surface area contributed by atoms with Crippen LogP contribution in [-0.2, 0) is 4.74 Å².